The zero-order valence-corrected chi connectivity index (χ0v) is 12.0. The van der Waals surface area contributed by atoms with Crippen molar-refractivity contribution in [3.63, 3.8) is 0 Å². The highest BCUT2D eigenvalue weighted by Crippen LogP contribution is 2.34. The van der Waals surface area contributed by atoms with E-state index in [0.717, 1.165) is 0 Å². The SMILES string of the molecule is CNc1ccc(Cl)cc1C(=O)Nc1ccc2c(c1)OCO2. The van der Waals surface area contributed by atoms with Gasteiger partial charge in [0.1, 0.15) is 0 Å². The molecule has 0 unspecified atom stereocenters. The molecule has 21 heavy (non-hydrogen) atoms. The lowest BCUT2D eigenvalue weighted by Crippen LogP contribution is -2.14. The van der Waals surface area contributed by atoms with Gasteiger partial charge < -0.3 is 20.1 Å². The van der Waals surface area contributed by atoms with Crippen molar-refractivity contribution in [3.8, 4) is 11.5 Å². The van der Waals surface area contributed by atoms with E-state index in [4.69, 9.17) is 21.1 Å². The molecule has 0 saturated heterocycles. The fourth-order valence-electron chi connectivity index (χ4n) is 2.10. The molecule has 5 nitrogen and oxygen atoms in total. The second-order valence-corrected chi connectivity index (χ2v) is 4.90. The van der Waals surface area contributed by atoms with Crippen molar-refractivity contribution in [2.75, 3.05) is 24.5 Å². The number of amides is 1. The van der Waals surface area contributed by atoms with E-state index in [1.807, 2.05) is 0 Å². The van der Waals surface area contributed by atoms with Crippen LogP contribution in [-0.4, -0.2) is 19.7 Å². The molecule has 108 valence electrons. The number of fused-ring (bicyclic) bond motifs is 1. The average molecular weight is 305 g/mol. The normalized spacial score (nSPS) is 12.1. The Balaban J connectivity index is 1.85. The van der Waals surface area contributed by atoms with Gasteiger partial charge in [-0.25, -0.2) is 0 Å². The Hall–Kier alpha value is -2.40. The Morgan fingerprint density at radius 2 is 1.95 bits per heavy atom. The number of hydrogen-bond acceptors (Lipinski definition) is 4. The Kier molecular flexibility index (Phi) is 3.58. The van der Waals surface area contributed by atoms with Crippen LogP contribution in [0.2, 0.25) is 5.02 Å². The smallest absolute Gasteiger partial charge is 0.257 e. The number of nitrogens with one attached hydrogen (secondary N) is 2. The van der Waals surface area contributed by atoms with Gasteiger partial charge in [-0.15, -0.1) is 0 Å². The molecule has 0 bridgehead atoms. The summed E-state index contributed by atoms with van der Waals surface area (Å²) in [5.41, 5.74) is 1.81. The number of carbonyl (C=O) groups is 1. The van der Waals surface area contributed by atoms with Gasteiger partial charge in [0.05, 0.1) is 5.56 Å². The van der Waals surface area contributed by atoms with E-state index in [9.17, 15) is 4.79 Å². The van der Waals surface area contributed by atoms with Crippen molar-refractivity contribution in [3.05, 3.63) is 47.0 Å². The molecule has 1 heterocycles. The average Bonchev–Trinajstić information content (AvgIpc) is 2.94. The zero-order chi connectivity index (χ0) is 14.8. The predicted octanol–water partition coefficient (Wildman–Crippen LogP) is 3.36. The van der Waals surface area contributed by atoms with Crippen LogP contribution in [0, 0.1) is 0 Å². The highest BCUT2D eigenvalue weighted by atomic mass is 35.5. The number of carbonyl (C=O) groups excluding carboxylic acids is 1. The fourth-order valence-corrected chi connectivity index (χ4v) is 2.27. The minimum absolute atomic E-state index is 0.199. The number of halogens is 1. The molecule has 2 N–H and O–H groups in total. The monoisotopic (exact) mass is 304 g/mol. The molecule has 2 aromatic rings. The van der Waals surface area contributed by atoms with Gasteiger partial charge in [-0.2, -0.15) is 0 Å². The molecule has 0 aromatic heterocycles. The van der Waals surface area contributed by atoms with Gasteiger partial charge in [0.15, 0.2) is 11.5 Å². The van der Waals surface area contributed by atoms with Crippen molar-refractivity contribution in [1.29, 1.82) is 0 Å². The van der Waals surface area contributed by atoms with Crippen molar-refractivity contribution in [1.82, 2.24) is 0 Å². The van der Waals surface area contributed by atoms with E-state index in [2.05, 4.69) is 10.6 Å². The highest BCUT2D eigenvalue weighted by Gasteiger charge is 2.16. The molecule has 1 aliphatic heterocycles. The molecule has 0 saturated carbocycles. The lowest BCUT2D eigenvalue weighted by Gasteiger charge is -2.10. The van der Waals surface area contributed by atoms with Crippen LogP contribution in [0.15, 0.2) is 36.4 Å². The molecule has 1 amide bonds. The van der Waals surface area contributed by atoms with Crippen LogP contribution in [0.25, 0.3) is 0 Å². The molecule has 3 rings (SSSR count). The van der Waals surface area contributed by atoms with Gasteiger partial charge in [-0.3, -0.25) is 4.79 Å². The summed E-state index contributed by atoms with van der Waals surface area (Å²) >= 11 is 5.95. The first-order chi connectivity index (χ1) is 10.2. The maximum Gasteiger partial charge on any atom is 0.257 e. The van der Waals surface area contributed by atoms with E-state index >= 15 is 0 Å². The largest absolute Gasteiger partial charge is 0.454 e. The topological polar surface area (TPSA) is 59.6 Å². The van der Waals surface area contributed by atoms with Crippen LogP contribution >= 0.6 is 11.6 Å². The molecule has 6 heteroatoms. The van der Waals surface area contributed by atoms with Crippen LogP contribution < -0.4 is 20.1 Å². The van der Waals surface area contributed by atoms with Crippen LogP contribution in [0.1, 0.15) is 10.4 Å². The Bertz CT molecular complexity index is 703. The summed E-state index contributed by atoms with van der Waals surface area (Å²) in [6.07, 6.45) is 0. The molecule has 2 aromatic carbocycles. The molecular weight excluding hydrogens is 292 g/mol. The van der Waals surface area contributed by atoms with Gasteiger partial charge in [0.25, 0.3) is 5.91 Å². The third-order valence-corrected chi connectivity index (χ3v) is 3.36. The molecule has 0 radical (unpaired) electrons. The third-order valence-electron chi connectivity index (χ3n) is 3.13. The van der Waals surface area contributed by atoms with Crippen molar-refractivity contribution in [2.45, 2.75) is 0 Å². The number of ether oxygens (including phenoxy) is 2. The summed E-state index contributed by atoms with van der Waals surface area (Å²) in [6.45, 7) is 0.199. The number of benzene rings is 2. The van der Waals surface area contributed by atoms with Crippen molar-refractivity contribution in [2.24, 2.45) is 0 Å². The lowest BCUT2D eigenvalue weighted by molar-refractivity contribution is 0.102. The number of rotatable bonds is 3. The quantitative estimate of drug-likeness (QED) is 0.913. The second-order valence-electron chi connectivity index (χ2n) is 4.46. The van der Waals surface area contributed by atoms with Gasteiger partial charge in [0.2, 0.25) is 6.79 Å². The van der Waals surface area contributed by atoms with Crippen LogP contribution in [-0.2, 0) is 0 Å². The van der Waals surface area contributed by atoms with Gasteiger partial charge >= 0.3 is 0 Å². The molecule has 0 atom stereocenters. The summed E-state index contributed by atoms with van der Waals surface area (Å²) in [5.74, 6) is 1.04. The molecular formula is C15H13ClN2O3. The van der Waals surface area contributed by atoms with E-state index in [0.29, 0.717) is 33.5 Å². The molecule has 0 spiro atoms. The second kappa shape index (κ2) is 5.54. The minimum Gasteiger partial charge on any atom is -0.454 e. The molecule has 0 fully saturated rings. The van der Waals surface area contributed by atoms with Gasteiger partial charge in [0, 0.05) is 29.5 Å². The first-order valence-electron chi connectivity index (χ1n) is 6.35. The number of anilines is 2. The third kappa shape index (κ3) is 2.73. The fraction of sp³-hybridized carbons (Fsp3) is 0.133. The van der Waals surface area contributed by atoms with Crippen molar-refractivity contribution < 1.29 is 14.3 Å². The maximum absolute atomic E-state index is 12.4. The van der Waals surface area contributed by atoms with E-state index in [1.165, 1.54) is 0 Å². The lowest BCUT2D eigenvalue weighted by atomic mass is 10.1. The first-order valence-corrected chi connectivity index (χ1v) is 6.73. The summed E-state index contributed by atoms with van der Waals surface area (Å²) in [6, 6.07) is 10.4. The zero-order valence-electron chi connectivity index (χ0n) is 11.3. The van der Waals surface area contributed by atoms with Gasteiger partial charge in [-0.05, 0) is 30.3 Å². The molecule has 0 aliphatic carbocycles. The van der Waals surface area contributed by atoms with Crippen LogP contribution in [0.3, 0.4) is 0 Å². The van der Waals surface area contributed by atoms with Crippen LogP contribution in [0.5, 0.6) is 11.5 Å². The summed E-state index contributed by atoms with van der Waals surface area (Å²) in [7, 11) is 1.75. The maximum atomic E-state index is 12.4. The predicted molar refractivity (Wildman–Crippen MR) is 81.5 cm³/mol. The first kappa shape index (κ1) is 13.6. The molecule has 1 aliphatic rings. The van der Waals surface area contributed by atoms with Gasteiger partial charge in [-0.1, -0.05) is 11.6 Å². The Morgan fingerprint density at radius 1 is 1.14 bits per heavy atom. The van der Waals surface area contributed by atoms with Crippen molar-refractivity contribution >= 4 is 28.9 Å². The Labute approximate surface area is 126 Å². The Morgan fingerprint density at radius 3 is 2.76 bits per heavy atom. The number of hydrogen-bond donors (Lipinski definition) is 2. The van der Waals surface area contributed by atoms with E-state index in [1.54, 1.807) is 43.4 Å². The standard InChI is InChI=1S/C15H13ClN2O3/c1-17-12-4-2-9(16)6-11(12)15(19)18-10-3-5-13-14(7-10)21-8-20-13/h2-7,17H,8H2,1H3,(H,18,19). The highest BCUT2D eigenvalue weighted by molar-refractivity contribution is 6.31. The minimum atomic E-state index is -0.249. The summed E-state index contributed by atoms with van der Waals surface area (Å²) in [4.78, 5) is 12.4. The summed E-state index contributed by atoms with van der Waals surface area (Å²) < 4.78 is 10.5. The summed E-state index contributed by atoms with van der Waals surface area (Å²) in [5, 5.41) is 6.29. The van der Waals surface area contributed by atoms with E-state index in [-0.39, 0.29) is 12.7 Å². The van der Waals surface area contributed by atoms with Crippen LogP contribution in [0.4, 0.5) is 11.4 Å². The van der Waals surface area contributed by atoms with E-state index < -0.39 is 0 Å².